The molecular weight excluding hydrogens is 220 g/mol. The predicted molar refractivity (Wildman–Crippen MR) is 65.5 cm³/mol. The molecule has 0 aromatic heterocycles. The van der Waals surface area contributed by atoms with Gasteiger partial charge in [-0.1, -0.05) is 13.3 Å². The summed E-state index contributed by atoms with van der Waals surface area (Å²) >= 11 is 0. The highest BCUT2D eigenvalue weighted by molar-refractivity contribution is 5.83. The number of urea groups is 1. The summed E-state index contributed by atoms with van der Waals surface area (Å²) in [5.41, 5.74) is 5.17. The summed E-state index contributed by atoms with van der Waals surface area (Å²) < 4.78 is 0. The molecule has 0 spiro atoms. The summed E-state index contributed by atoms with van der Waals surface area (Å²) in [6.07, 6.45) is 2.84. The molecule has 0 aromatic rings. The molecule has 98 valence electrons. The molecule has 1 rings (SSSR count). The lowest BCUT2D eigenvalue weighted by atomic mass is 10.2. The molecule has 0 bridgehead atoms. The van der Waals surface area contributed by atoms with Gasteiger partial charge in [0.2, 0.25) is 5.91 Å². The Labute approximate surface area is 102 Å². The number of carbonyl (C=O) groups excluding carboxylic acids is 2. The normalized spacial score (nSPS) is 19.0. The average Bonchev–Trinajstić information content (AvgIpc) is 2.79. The monoisotopic (exact) mass is 242 g/mol. The van der Waals surface area contributed by atoms with E-state index in [0.29, 0.717) is 6.54 Å². The first-order valence-electron chi connectivity index (χ1n) is 6.18. The van der Waals surface area contributed by atoms with Gasteiger partial charge in [-0.25, -0.2) is 4.79 Å². The van der Waals surface area contributed by atoms with E-state index in [-0.39, 0.29) is 18.6 Å². The smallest absolute Gasteiger partial charge is 0.318 e. The van der Waals surface area contributed by atoms with Crippen LogP contribution in [0.4, 0.5) is 4.79 Å². The number of amides is 3. The third kappa shape index (κ3) is 4.60. The Kier molecular flexibility index (Phi) is 5.76. The van der Waals surface area contributed by atoms with Crippen LogP contribution < -0.4 is 16.4 Å². The number of hydrogen-bond donors (Lipinski definition) is 3. The Morgan fingerprint density at radius 1 is 1.53 bits per heavy atom. The van der Waals surface area contributed by atoms with E-state index < -0.39 is 5.91 Å². The van der Waals surface area contributed by atoms with Crippen LogP contribution in [0.2, 0.25) is 0 Å². The van der Waals surface area contributed by atoms with Gasteiger partial charge < -0.3 is 21.3 Å². The first-order valence-corrected chi connectivity index (χ1v) is 6.18. The van der Waals surface area contributed by atoms with Gasteiger partial charge in [-0.3, -0.25) is 4.79 Å². The average molecular weight is 242 g/mol. The van der Waals surface area contributed by atoms with E-state index in [1.807, 2.05) is 0 Å². The fraction of sp³-hybridized carbons (Fsp3) is 0.818. The Morgan fingerprint density at radius 2 is 2.29 bits per heavy atom. The Bertz CT molecular complexity index is 264. The van der Waals surface area contributed by atoms with Crippen molar-refractivity contribution < 1.29 is 9.59 Å². The van der Waals surface area contributed by atoms with Gasteiger partial charge >= 0.3 is 6.03 Å². The minimum Gasteiger partial charge on any atom is -0.368 e. The quantitative estimate of drug-likeness (QED) is 0.556. The molecule has 0 radical (unpaired) electrons. The van der Waals surface area contributed by atoms with Crippen LogP contribution in [-0.2, 0) is 4.79 Å². The van der Waals surface area contributed by atoms with Crippen molar-refractivity contribution in [3.05, 3.63) is 0 Å². The lowest BCUT2D eigenvalue weighted by Crippen LogP contribution is -2.50. The van der Waals surface area contributed by atoms with E-state index in [9.17, 15) is 9.59 Å². The first kappa shape index (κ1) is 13.8. The molecule has 1 unspecified atom stereocenters. The zero-order chi connectivity index (χ0) is 12.7. The third-order valence-corrected chi connectivity index (χ3v) is 2.87. The zero-order valence-electron chi connectivity index (χ0n) is 10.4. The molecule has 1 aliphatic heterocycles. The van der Waals surface area contributed by atoms with E-state index in [1.165, 1.54) is 4.90 Å². The fourth-order valence-electron chi connectivity index (χ4n) is 1.91. The van der Waals surface area contributed by atoms with Crippen molar-refractivity contribution in [1.82, 2.24) is 15.5 Å². The predicted octanol–water partition coefficient (Wildman–Crippen LogP) is -0.355. The van der Waals surface area contributed by atoms with Gasteiger partial charge in [0.1, 0.15) is 6.54 Å². The topological polar surface area (TPSA) is 87.5 Å². The summed E-state index contributed by atoms with van der Waals surface area (Å²) in [4.78, 5) is 24.4. The molecule has 0 aliphatic carbocycles. The van der Waals surface area contributed by atoms with Crippen LogP contribution in [-0.4, -0.2) is 49.1 Å². The van der Waals surface area contributed by atoms with Crippen LogP contribution in [0.5, 0.6) is 0 Å². The molecule has 6 nitrogen and oxygen atoms in total. The Balaban J connectivity index is 2.48. The van der Waals surface area contributed by atoms with Crippen LogP contribution in [0.25, 0.3) is 0 Å². The van der Waals surface area contributed by atoms with Gasteiger partial charge in [0, 0.05) is 19.1 Å². The van der Waals surface area contributed by atoms with Crippen LogP contribution in [0.1, 0.15) is 26.2 Å². The molecule has 1 fully saturated rings. The van der Waals surface area contributed by atoms with E-state index in [1.54, 1.807) is 0 Å². The number of hydrogen-bond acceptors (Lipinski definition) is 3. The van der Waals surface area contributed by atoms with Crippen molar-refractivity contribution in [2.75, 3.05) is 26.2 Å². The fourth-order valence-corrected chi connectivity index (χ4v) is 1.91. The molecule has 1 aliphatic rings. The largest absolute Gasteiger partial charge is 0.368 e. The SMILES string of the molecule is CCCCNC(=O)N(CC(N)=O)C1CCNC1. The maximum atomic E-state index is 11.9. The number of nitrogens with one attached hydrogen (secondary N) is 2. The third-order valence-electron chi connectivity index (χ3n) is 2.87. The molecule has 0 saturated carbocycles. The molecule has 0 aromatic carbocycles. The van der Waals surface area contributed by atoms with Gasteiger partial charge in [0.25, 0.3) is 0 Å². The molecule has 4 N–H and O–H groups in total. The van der Waals surface area contributed by atoms with Crippen molar-refractivity contribution in [3.63, 3.8) is 0 Å². The second kappa shape index (κ2) is 7.11. The number of nitrogens with two attached hydrogens (primary N) is 1. The van der Waals surface area contributed by atoms with Crippen molar-refractivity contribution in [2.45, 2.75) is 32.2 Å². The zero-order valence-corrected chi connectivity index (χ0v) is 10.4. The minimum atomic E-state index is -0.470. The van der Waals surface area contributed by atoms with Gasteiger partial charge in [-0.15, -0.1) is 0 Å². The Morgan fingerprint density at radius 3 is 2.82 bits per heavy atom. The molecule has 17 heavy (non-hydrogen) atoms. The minimum absolute atomic E-state index is 0.00962. The first-order chi connectivity index (χ1) is 8.15. The van der Waals surface area contributed by atoms with Gasteiger partial charge in [0.15, 0.2) is 0 Å². The number of unbranched alkanes of at least 4 members (excludes halogenated alkanes) is 1. The van der Waals surface area contributed by atoms with E-state index in [0.717, 1.165) is 32.4 Å². The standard InChI is InChI=1S/C11H22N4O2/c1-2-3-5-14-11(17)15(8-10(12)16)9-4-6-13-7-9/h9,13H,2-8H2,1H3,(H2,12,16)(H,14,17). The molecule has 1 atom stereocenters. The summed E-state index contributed by atoms with van der Waals surface area (Å²) in [7, 11) is 0. The molecular formula is C11H22N4O2. The van der Waals surface area contributed by atoms with Crippen molar-refractivity contribution in [3.8, 4) is 0 Å². The molecule has 6 heteroatoms. The molecule has 1 saturated heterocycles. The highest BCUT2D eigenvalue weighted by Crippen LogP contribution is 2.08. The van der Waals surface area contributed by atoms with E-state index in [4.69, 9.17) is 5.73 Å². The molecule has 3 amide bonds. The van der Waals surface area contributed by atoms with E-state index in [2.05, 4.69) is 17.6 Å². The summed E-state index contributed by atoms with van der Waals surface area (Å²) in [5, 5.41) is 5.99. The van der Waals surface area contributed by atoms with Crippen LogP contribution in [0.15, 0.2) is 0 Å². The highest BCUT2D eigenvalue weighted by Gasteiger charge is 2.27. The Hall–Kier alpha value is -1.30. The lowest BCUT2D eigenvalue weighted by Gasteiger charge is -2.27. The van der Waals surface area contributed by atoms with Gasteiger partial charge in [-0.05, 0) is 19.4 Å². The van der Waals surface area contributed by atoms with Crippen molar-refractivity contribution in [2.24, 2.45) is 5.73 Å². The summed E-state index contributed by atoms with van der Waals surface area (Å²) in [6, 6.07) is -0.116. The van der Waals surface area contributed by atoms with Crippen LogP contribution >= 0.6 is 0 Å². The number of primary amides is 1. The second-order valence-corrected chi connectivity index (χ2v) is 4.33. The second-order valence-electron chi connectivity index (χ2n) is 4.33. The molecule has 1 heterocycles. The maximum absolute atomic E-state index is 11.9. The summed E-state index contributed by atoms with van der Waals surface area (Å²) in [5.74, 6) is -0.470. The lowest BCUT2D eigenvalue weighted by molar-refractivity contribution is -0.118. The van der Waals surface area contributed by atoms with Crippen LogP contribution in [0.3, 0.4) is 0 Å². The van der Waals surface area contributed by atoms with Gasteiger partial charge in [0.05, 0.1) is 0 Å². The summed E-state index contributed by atoms with van der Waals surface area (Å²) in [6.45, 7) is 4.31. The van der Waals surface area contributed by atoms with Gasteiger partial charge in [-0.2, -0.15) is 0 Å². The maximum Gasteiger partial charge on any atom is 0.318 e. The number of carbonyl (C=O) groups is 2. The van der Waals surface area contributed by atoms with Crippen LogP contribution in [0, 0.1) is 0 Å². The van der Waals surface area contributed by atoms with Crippen molar-refractivity contribution >= 4 is 11.9 Å². The number of nitrogens with zero attached hydrogens (tertiary/aromatic N) is 1. The van der Waals surface area contributed by atoms with Crippen molar-refractivity contribution in [1.29, 1.82) is 0 Å². The number of rotatable bonds is 6. The van der Waals surface area contributed by atoms with E-state index >= 15 is 0 Å². The highest BCUT2D eigenvalue weighted by atomic mass is 16.2.